The third-order valence-corrected chi connectivity index (χ3v) is 8.94. The van der Waals surface area contributed by atoms with Gasteiger partial charge in [0.15, 0.2) is 5.82 Å². The lowest BCUT2D eigenvalue weighted by atomic mass is 9.62. The summed E-state index contributed by atoms with van der Waals surface area (Å²) in [6.45, 7) is 18.4. The van der Waals surface area contributed by atoms with Crippen LogP contribution in [0, 0.1) is 6.33 Å². The number of nitrogens with one attached hydrogen (secondary N) is 1. The minimum absolute atomic E-state index is 0.162. The highest BCUT2D eigenvalue weighted by Crippen LogP contribution is 2.44. The molecule has 0 spiro atoms. The highest BCUT2D eigenvalue weighted by Gasteiger charge is 2.41. The molecule has 0 saturated heterocycles. The maximum absolute atomic E-state index is 4.85. The van der Waals surface area contributed by atoms with Gasteiger partial charge in [0.25, 0.3) is 0 Å². The maximum Gasteiger partial charge on any atom is 0.243 e. The largest absolute Gasteiger partial charge is 0.355 e. The van der Waals surface area contributed by atoms with E-state index in [1.165, 1.54) is 28.1 Å². The quantitative estimate of drug-likeness (QED) is 0.161. The van der Waals surface area contributed by atoms with Crippen LogP contribution in [-0.2, 0) is 17.9 Å². The normalized spacial score (nSPS) is 12.6. The molecule has 5 nitrogen and oxygen atoms in total. The van der Waals surface area contributed by atoms with Crippen LogP contribution < -0.4 is 4.57 Å². The first-order chi connectivity index (χ1) is 18.9. The van der Waals surface area contributed by atoms with Gasteiger partial charge in [0.1, 0.15) is 0 Å². The number of para-hydroxylation sites is 1. The second kappa shape index (κ2) is 10.3. The first kappa shape index (κ1) is 27.7. The van der Waals surface area contributed by atoms with Crippen molar-refractivity contribution in [3.63, 3.8) is 0 Å². The van der Waals surface area contributed by atoms with Crippen LogP contribution in [0.5, 0.6) is 0 Å². The molecule has 0 radical (unpaired) electrons. The van der Waals surface area contributed by atoms with Crippen molar-refractivity contribution >= 4 is 0 Å². The highest BCUT2D eigenvalue weighted by molar-refractivity contribution is 5.60. The van der Waals surface area contributed by atoms with Crippen molar-refractivity contribution in [3.8, 4) is 22.9 Å². The van der Waals surface area contributed by atoms with E-state index in [1.54, 1.807) is 0 Å². The van der Waals surface area contributed by atoms with Crippen LogP contribution in [0.25, 0.3) is 22.9 Å². The number of H-pyrrole nitrogens is 1. The number of hydrogen-bond donors (Lipinski definition) is 1. The Bertz CT molecular complexity index is 1600. The van der Waals surface area contributed by atoms with Gasteiger partial charge in [-0.25, -0.2) is 4.98 Å². The SMILES string of the molecule is CC(C)c1cccc(C(C)C)c1-n1ccnc1-c1ccc(C(C)(C)C(C)(C)c2cccc(-[n+]3[c-]n(C)cc3)c2)[nH]1. The Morgan fingerprint density at radius 2 is 1.52 bits per heavy atom. The predicted molar refractivity (Wildman–Crippen MR) is 163 cm³/mol. The van der Waals surface area contributed by atoms with Crippen LogP contribution in [0.1, 0.15) is 89.6 Å². The molecule has 1 N–H and O–H groups in total. The summed E-state index contributed by atoms with van der Waals surface area (Å²) in [5, 5.41) is 0. The minimum Gasteiger partial charge on any atom is -0.355 e. The molecule has 0 aliphatic heterocycles. The first-order valence-electron chi connectivity index (χ1n) is 14.4. The maximum atomic E-state index is 4.85. The molecule has 0 aliphatic carbocycles. The molecular weight excluding hydrogens is 490 g/mol. The number of aromatic amines is 1. The fourth-order valence-electron chi connectivity index (χ4n) is 5.65. The summed E-state index contributed by atoms with van der Waals surface area (Å²) < 4.78 is 6.25. The van der Waals surface area contributed by atoms with Crippen molar-refractivity contribution < 1.29 is 4.57 Å². The first-order valence-corrected chi connectivity index (χ1v) is 14.4. The van der Waals surface area contributed by atoms with Crippen molar-refractivity contribution in [1.29, 1.82) is 0 Å². The molecule has 0 fully saturated rings. The van der Waals surface area contributed by atoms with Crippen molar-refractivity contribution in [2.45, 2.75) is 78.1 Å². The van der Waals surface area contributed by atoms with E-state index in [2.05, 4.69) is 132 Å². The number of rotatable bonds is 8. The summed E-state index contributed by atoms with van der Waals surface area (Å²) in [5.74, 6) is 1.75. The van der Waals surface area contributed by atoms with Gasteiger partial charge in [0, 0.05) is 35.9 Å². The minimum atomic E-state index is -0.189. The van der Waals surface area contributed by atoms with E-state index in [0.717, 1.165) is 17.2 Å². The number of imidazole rings is 2. The van der Waals surface area contributed by atoms with E-state index in [-0.39, 0.29) is 10.8 Å². The van der Waals surface area contributed by atoms with Gasteiger partial charge in [-0.1, -0.05) is 97.9 Å². The van der Waals surface area contributed by atoms with E-state index >= 15 is 0 Å². The number of benzene rings is 2. The third kappa shape index (κ3) is 4.72. The van der Waals surface area contributed by atoms with Gasteiger partial charge in [0.2, 0.25) is 6.33 Å². The van der Waals surface area contributed by atoms with Crippen molar-refractivity contribution in [3.05, 3.63) is 108 Å². The zero-order valence-electron chi connectivity index (χ0n) is 25.4. The molecule has 5 rings (SSSR count). The molecule has 2 aromatic carbocycles. The Balaban J connectivity index is 1.54. The summed E-state index contributed by atoms with van der Waals surface area (Å²) in [5.41, 5.74) is 8.19. The Kier molecular flexibility index (Phi) is 7.11. The van der Waals surface area contributed by atoms with Gasteiger partial charge in [0.05, 0.1) is 24.1 Å². The molecule has 0 unspecified atom stereocenters. The van der Waals surface area contributed by atoms with Crippen LogP contribution >= 0.6 is 0 Å². The second-order valence-electron chi connectivity index (χ2n) is 12.7. The second-order valence-corrected chi connectivity index (χ2v) is 12.7. The van der Waals surface area contributed by atoms with Crippen LogP contribution in [0.15, 0.2) is 79.4 Å². The van der Waals surface area contributed by atoms with Crippen molar-refractivity contribution in [2.24, 2.45) is 7.05 Å². The Hall–Kier alpha value is -3.86. The summed E-state index contributed by atoms with van der Waals surface area (Å²) in [7, 11) is 1.99. The molecule has 5 heteroatoms. The molecule has 0 amide bonds. The molecule has 0 aliphatic rings. The molecule has 40 heavy (non-hydrogen) atoms. The fraction of sp³-hybridized carbons (Fsp3) is 0.371. The number of aryl methyl sites for hydroxylation is 1. The molecule has 3 heterocycles. The molecule has 5 aromatic rings. The molecule has 0 saturated carbocycles. The summed E-state index contributed by atoms with van der Waals surface area (Å²) in [6, 6.07) is 19.9. The highest BCUT2D eigenvalue weighted by atomic mass is 15.1. The molecule has 3 aromatic heterocycles. The van der Waals surface area contributed by atoms with Gasteiger partial charge in [-0.2, -0.15) is 0 Å². The van der Waals surface area contributed by atoms with E-state index in [0.29, 0.717) is 11.8 Å². The van der Waals surface area contributed by atoms with E-state index in [1.807, 2.05) is 34.8 Å². The number of aromatic nitrogens is 5. The standard InChI is InChI=1S/C35H43N5/c1-24(2)28-14-11-15-29(25(3)4)32(28)40-19-18-36-33(40)30-16-17-31(37-30)35(7,8)34(5,6)26-12-10-13-27(22-26)39-21-20-38(9)23-39/h10-22,24-25,37H,1-9H3. The number of hydrogen-bond acceptors (Lipinski definition) is 1. The topological polar surface area (TPSA) is 42.4 Å². The zero-order chi connectivity index (χ0) is 28.8. The summed E-state index contributed by atoms with van der Waals surface area (Å²) >= 11 is 0. The van der Waals surface area contributed by atoms with Crippen LogP contribution in [0.3, 0.4) is 0 Å². The van der Waals surface area contributed by atoms with Gasteiger partial charge in [-0.15, -0.1) is 0 Å². The van der Waals surface area contributed by atoms with Gasteiger partial charge in [-0.05, 0) is 46.1 Å². The van der Waals surface area contributed by atoms with Gasteiger partial charge in [-0.3, -0.25) is 4.57 Å². The summed E-state index contributed by atoms with van der Waals surface area (Å²) in [6.07, 6.45) is 11.4. The smallest absolute Gasteiger partial charge is 0.243 e. The average Bonchev–Trinajstić information content (AvgIpc) is 3.68. The predicted octanol–water partition coefficient (Wildman–Crippen LogP) is 7.78. The van der Waals surface area contributed by atoms with Crippen LogP contribution in [-0.4, -0.2) is 19.1 Å². The number of nitrogens with zero attached hydrogens (tertiary/aromatic N) is 4. The van der Waals surface area contributed by atoms with Gasteiger partial charge < -0.3 is 14.1 Å². The Morgan fingerprint density at radius 3 is 2.15 bits per heavy atom. The van der Waals surface area contributed by atoms with E-state index in [4.69, 9.17) is 4.98 Å². The zero-order valence-corrected chi connectivity index (χ0v) is 25.4. The lowest BCUT2D eigenvalue weighted by molar-refractivity contribution is -0.599. The van der Waals surface area contributed by atoms with E-state index < -0.39 is 0 Å². The van der Waals surface area contributed by atoms with E-state index in [9.17, 15) is 0 Å². The van der Waals surface area contributed by atoms with Gasteiger partial charge >= 0.3 is 0 Å². The Labute approximate surface area is 239 Å². The van der Waals surface area contributed by atoms with Crippen molar-refractivity contribution in [1.82, 2.24) is 19.1 Å². The molecule has 0 atom stereocenters. The molecule has 0 bridgehead atoms. The third-order valence-electron chi connectivity index (χ3n) is 8.94. The van der Waals surface area contributed by atoms with Crippen LogP contribution in [0.4, 0.5) is 0 Å². The molecule has 208 valence electrons. The fourth-order valence-corrected chi connectivity index (χ4v) is 5.65. The molecular formula is C35H43N5. The monoisotopic (exact) mass is 533 g/mol. The van der Waals surface area contributed by atoms with Crippen molar-refractivity contribution in [2.75, 3.05) is 0 Å². The lowest BCUT2D eigenvalue weighted by Gasteiger charge is -2.42. The summed E-state index contributed by atoms with van der Waals surface area (Å²) in [4.78, 5) is 8.64. The average molecular weight is 534 g/mol. The van der Waals surface area contributed by atoms with Crippen LogP contribution in [0.2, 0.25) is 0 Å². The lowest BCUT2D eigenvalue weighted by Crippen LogP contribution is -2.41. The Morgan fingerprint density at radius 1 is 0.850 bits per heavy atom.